The Morgan fingerprint density at radius 3 is 2.62 bits per heavy atom. The topological polar surface area (TPSA) is 51.2 Å². The monoisotopic (exact) mass is 378 g/mol. The molecule has 0 fully saturated rings. The van der Waals surface area contributed by atoms with Gasteiger partial charge in [-0.05, 0) is 49.6 Å². The van der Waals surface area contributed by atoms with Crippen molar-refractivity contribution < 1.29 is 9.53 Å². The van der Waals surface area contributed by atoms with Gasteiger partial charge in [0.25, 0.3) is 5.91 Å². The van der Waals surface area contributed by atoms with Crippen molar-refractivity contribution in [2.75, 3.05) is 5.32 Å². The molecule has 2 aromatic heterocycles. The molecule has 7 heteroatoms. The quantitative estimate of drug-likeness (QED) is 0.653. The Bertz CT molecular complexity index is 827. The van der Waals surface area contributed by atoms with Crippen LogP contribution in [-0.2, 0) is 4.79 Å². The van der Waals surface area contributed by atoms with Gasteiger partial charge >= 0.3 is 0 Å². The van der Waals surface area contributed by atoms with Crippen LogP contribution in [-0.4, -0.2) is 16.5 Å². The molecule has 2 heterocycles. The van der Waals surface area contributed by atoms with Gasteiger partial charge in [0.05, 0.1) is 10.6 Å². The van der Waals surface area contributed by atoms with Gasteiger partial charge in [0.1, 0.15) is 5.75 Å². The third kappa shape index (κ3) is 3.95. The molecule has 0 unspecified atom stereocenters. The highest BCUT2D eigenvalue weighted by molar-refractivity contribution is 7.16. The summed E-state index contributed by atoms with van der Waals surface area (Å²) >= 11 is 8.86. The number of hydrogen-bond acceptors (Lipinski definition) is 5. The van der Waals surface area contributed by atoms with E-state index in [0.29, 0.717) is 15.9 Å². The zero-order valence-corrected chi connectivity index (χ0v) is 15.5. The van der Waals surface area contributed by atoms with Gasteiger partial charge in [-0.2, -0.15) is 0 Å². The highest BCUT2D eigenvalue weighted by Crippen LogP contribution is 2.29. The van der Waals surface area contributed by atoms with E-state index in [-0.39, 0.29) is 5.91 Å². The van der Waals surface area contributed by atoms with Gasteiger partial charge in [0.15, 0.2) is 10.7 Å². The summed E-state index contributed by atoms with van der Waals surface area (Å²) in [5.41, 5.74) is -0.176. The first-order valence-electron chi connectivity index (χ1n) is 7.19. The van der Waals surface area contributed by atoms with E-state index in [9.17, 15) is 4.79 Å². The molecule has 0 aliphatic rings. The van der Waals surface area contributed by atoms with E-state index in [1.165, 1.54) is 11.3 Å². The second kappa shape index (κ2) is 6.93. The molecule has 1 amide bonds. The third-order valence-corrected chi connectivity index (χ3v) is 5.13. The summed E-state index contributed by atoms with van der Waals surface area (Å²) in [7, 11) is 0. The summed E-state index contributed by atoms with van der Waals surface area (Å²) < 4.78 is 5.78. The minimum absolute atomic E-state index is 0.260. The first kappa shape index (κ1) is 17.0. The molecule has 0 saturated carbocycles. The molecule has 0 saturated heterocycles. The van der Waals surface area contributed by atoms with Crippen molar-refractivity contribution >= 4 is 45.3 Å². The number of nitrogens with one attached hydrogen (secondary N) is 1. The predicted octanol–water partition coefficient (Wildman–Crippen LogP) is 5.32. The number of thiazole rings is 1. The van der Waals surface area contributed by atoms with Crippen LogP contribution >= 0.6 is 34.3 Å². The number of ether oxygens (including phenoxy) is 1. The molecular formula is C17H15ClN2O2S2. The fourth-order valence-corrected chi connectivity index (χ4v) is 3.55. The van der Waals surface area contributed by atoms with Crippen LogP contribution in [0.4, 0.5) is 5.13 Å². The normalized spacial score (nSPS) is 11.3. The van der Waals surface area contributed by atoms with E-state index in [1.807, 2.05) is 22.9 Å². The Hall–Kier alpha value is -1.89. The average Bonchev–Trinajstić information content (AvgIpc) is 3.20. The largest absolute Gasteiger partial charge is 0.478 e. The molecule has 3 aromatic rings. The summed E-state index contributed by atoms with van der Waals surface area (Å²) in [5, 5.41) is 7.91. The molecule has 24 heavy (non-hydrogen) atoms. The number of hydrogen-bond donors (Lipinski definition) is 1. The van der Waals surface area contributed by atoms with Gasteiger partial charge < -0.3 is 4.74 Å². The standard InChI is InChI=1S/C17H15ClN2O2S2/c1-17(2,22-12-7-5-11(18)6-8-12)15(21)20-16-19-13(10-24-16)14-4-3-9-23-14/h3-10H,1-2H3,(H,19,20,21). The van der Waals surface area contributed by atoms with Crippen LogP contribution in [0, 0.1) is 0 Å². The molecule has 0 atom stereocenters. The number of anilines is 1. The summed E-state index contributed by atoms with van der Waals surface area (Å²) in [6, 6.07) is 10.9. The smallest absolute Gasteiger partial charge is 0.269 e. The molecule has 124 valence electrons. The Labute approximate surface area is 153 Å². The summed E-state index contributed by atoms with van der Waals surface area (Å²) in [5.74, 6) is 0.322. The van der Waals surface area contributed by atoms with E-state index in [0.717, 1.165) is 10.6 Å². The van der Waals surface area contributed by atoms with E-state index >= 15 is 0 Å². The van der Waals surface area contributed by atoms with Gasteiger partial charge in [0, 0.05) is 10.4 Å². The van der Waals surface area contributed by atoms with Crippen molar-refractivity contribution in [3.05, 3.63) is 52.2 Å². The van der Waals surface area contributed by atoms with Gasteiger partial charge in [0.2, 0.25) is 0 Å². The fourth-order valence-electron chi connectivity index (χ4n) is 1.96. The molecular weight excluding hydrogens is 364 g/mol. The number of carbonyl (C=O) groups is 1. The van der Waals surface area contributed by atoms with Crippen molar-refractivity contribution in [3.63, 3.8) is 0 Å². The summed E-state index contributed by atoms with van der Waals surface area (Å²) in [6.45, 7) is 3.43. The van der Waals surface area contributed by atoms with Crippen LogP contribution < -0.4 is 10.1 Å². The van der Waals surface area contributed by atoms with Crippen molar-refractivity contribution in [1.82, 2.24) is 4.98 Å². The van der Waals surface area contributed by atoms with Crippen molar-refractivity contribution in [1.29, 1.82) is 0 Å². The zero-order valence-electron chi connectivity index (χ0n) is 13.1. The minimum atomic E-state index is -1.04. The number of carbonyl (C=O) groups excluding carboxylic acids is 1. The lowest BCUT2D eigenvalue weighted by atomic mass is 10.1. The zero-order chi connectivity index (χ0) is 17.2. The van der Waals surface area contributed by atoms with Crippen LogP contribution in [0.25, 0.3) is 10.6 Å². The number of halogens is 1. The van der Waals surface area contributed by atoms with E-state index in [1.54, 1.807) is 49.4 Å². The second-order valence-electron chi connectivity index (χ2n) is 5.54. The van der Waals surface area contributed by atoms with Crippen molar-refractivity contribution in [2.24, 2.45) is 0 Å². The molecule has 1 N–H and O–H groups in total. The maximum Gasteiger partial charge on any atom is 0.269 e. The lowest BCUT2D eigenvalue weighted by Gasteiger charge is -2.24. The first-order valence-corrected chi connectivity index (χ1v) is 9.33. The van der Waals surface area contributed by atoms with Gasteiger partial charge in [-0.25, -0.2) is 4.98 Å². The Morgan fingerprint density at radius 1 is 1.21 bits per heavy atom. The lowest BCUT2D eigenvalue weighted by molar-refractivity contribution is -0.128. The molecule has 0 radical (unpaired) electrons. The van der Waals surface area contributed by atoms with Crippen LogP contribution in [0.1, 0.15) is 13.8 Å². The highest BCUT2D eigenvalue weighted by Gasteiger charge is 2.30. The van der Waals surface area contributed by atoms with E-state index in [2.05, 4.69) is 10.3 Å². The average molecular weight is 379 g/mol. The predicted molar refractivity (Wildman–Crippen MR) is 100 cm³/mol. The van der Waals surface area contributed by atoms with Crippen LogP contribution in [0.3, 0.4) is 0 Å². The summed E-state index contributed by atoms with van der Waals surface area (Å²) in [4.78, 5) is 18.0. The van der Waals surface area contributed by atoms with E-state index in [4.69, 9.17) is 16.3 Å². The lowest BCUT2D eigenvalue weighted by Crippen LogP contribution is -2.42. The molecule has 0 aliphatic carbocycles. The molecule has 3 rings (SSSR count). The molecule has 4 nitrogen and oxygen atoms in total. The fraction of sp³-hybridized carbons (Fsp3) is 0.176. The number of benzene rings is 1. The minimum Gasteiger partial charge on any atom is -0.478 e. The Kier molecular flexibility index (Phi) is 4.89. The number of thiophene rings is 1. The first-order chi connectivity index (χ1) is 11.4. The molecule has 1 aromatic carbocycles. The maximum absolute atomic E-state index is 12.5. The second-order valence-corrected chi connectivity index (χ2v) is 7.78. The summed E-state index contributed by atoms with van der Waals surface area (Å²) in [6.07, 6.45) is 0. The molecule has 0 bridgehead atoms. The third-order valence-electron chi connectivity index (χ3n) is 3.23. The van der Waals surface area contributed by atoms with Crippen molar-refractivity contribution in [2.45, 2.75) is 19.4 Å². The maximum atomic E-state index is 12.5. The molecule has 0 aliphatic heterocycles. The number of amides is 1. The van der Waals surface area contributed by atoms with Crippen molar-refractivity contribution in [3.8, 4) is 16.3 Å². The van der Waals surface area contributed by atoms with Gasteiger partial charge in [-0.3, -0.25) is 10.1 Å². The highest BCUT2D eigenvalue weighted by atomic mass is 35.5. The number of rotatable bonds is 5. The van der Waals surface area contributed by atoms with Crippen LogP contribution in [0.5, 0.6) is 5.75 Å². The van der Waals surface area contributed by atoms with E-state index < -0.39 is 5.60 Å². The van der Waals surface area contributed by atoms with Crippen LogP contribution in [0.15, 0.2) is 47.2 Å². The van der Waals surface area contributed by atoms with Crippen LogP contribution in [0.2, 0.25) is 5.02 Å². The number of nitrogens with zero attached hydrogens (tertiary/aromatic N) is 1. The molecule has 0 spiro atoms. The SMILES string of the molecule is CC(C)(Oc1ccc(Cl)cc1)C(=O)Nc1nc(-c2cccs2)cs1. The Morgan fingerprint density at radius 2 is 1.96 bits per heavy atom. The number of aromatic nitrogens is 1. The van der Waals surface area contributed by atoms with Gasteiger partial charge in [-0.1, -0.05) is 17.7 Å². The Balaban J connectivity index is 1.68. The van der Waals surface area contributed by atoms with Gasteiger partial charge in [-0.15, -0.1) is 22.7 Å².